The van der Waals surface area contributed by atoms with Crippen molar-refractivity contribution in [3.63, 3.8) is 0 Å². The summed E-state index contributed by atoms with van der Waals surface area (Å²) in [5.74, 6) is 6.86. The van der Waals surface area contributed by atoms with Gasteiger partial charge in [-0.15, -0.1) is 0 Å². The molecule has 0 bridgehead atoms. The lowest BCUT2D eigenvalue weighted by Crippen LogP contribution is -2.34. The van der Waals surface area contributed by atoms with Gasteiger partial charge in [-0.2, -0.15) is 0 Å². The van der Waals surface area contributed by atoms with E-state index in [2.05, 4.69) is 15.4 Å². The molecule has 0 aliphatic carbocycles. The molecule has 0 saturated carbocycles. The molecule has 0 aliphatic heterocycles. The van der Waals surface area contributed by atoms with Crippen LogP contribution in [0.1, 0.15) is 13.8 Å². The number of nitrogen functional groups attached to an aromatic ring is 1. The molecule has 4 N–H and O–H groups in total. The number of nitrogens with one attached hydrogen (secondary N) is 1. The molecule has 1 aromatic rings. The Bertz CT molecular complexity index is 359. The highest BCUT2D eigenvalue weighted by atomic mass is 16.5. The summed E-state index contributed by atoms with van der Waals surface area (Å²) in [7, 11) is 1.53. The van der Waals surface area contributed by atoms with Gasteiger partial charge in [0, 0.05) is 12.6 Å². The van der Waals surface area contributed by atoms with Gasteiger partial charge < -0.3 is 20.2 Å². The molecule has 0 fully saturated rings. The number of aliphatic hydroxyl groups excluding tert-OH is 1. The van der Waals surface area contributed by atoms with E-state index in [1.165, 1.54) is 13.4 Å². The van der Waals surface area contributed by atoms with Crippen LogP contribution in [0.5, 0.6) is 5.75 Å². The number of aliphatic hydroxyl groups is 1. The van der Waals surface area contributed by atoms with Crippen LogP contribution >= 0.6 is 0 Å². The summed E-state index contributed by atoms with van der Waals surface area (Å²) in [6.07, 6.45) is 1.40. The Hall–Kier alpha value is -1.60. The van der Waals surface area contributed by atoms with Crippen molar-refractivity contribution in [3.8, 4) is 5.75 Å². The zero-order chi connectivity index (χ0) is 12.8. The second-order valence-corrected chi connectivity index (χ2v) is 3.73. The Morgan fingerprint density at radius 2 is 2.24 bits per heavy atom. The van der Waals surface area contributed by atoms with Crippen LogP contribution in [0.4, 0.5) is 11.6 Å². The van der Waals surface area contributed by atoms with Gasteiger partial charge in [-0.1, -0.05) is 0 Å². The molecule has 17 heavy (non-hydrogen) atoms. The molecule has 0 unspecified atom stereocenters. The number of anilines is 2. The fourth-order valence-electron chi connectivity index (χ4n) is 1.58. The Labute approximate surface area is 101 Å². The van der Waals surface area contributed by atoms with Crippen molar-refractivity contribution in [1.29, 1.82) is 0 Å². The number of hydrogen-bond donors (Lipinski definition) is 3. The van der Waals surface area contributed by atoms with Crippen molar-refractivity contribution in [2.45, 2.75) is 19.9 Å². The maximum atomic E-state index is 9.07. The minimum Gasteiger partial charge on any atom is -0.490 e. The molecular formula is C10H19N5O2. The Balaban J connectivity index is 3.17. The molecule has 7 heteroatoms. The van der Waals surface area contributed by atoms with E-state index in [-0.39, 0.29) is 12.6 Å². The summed E-state index contributed by atoms with van der Waals surface area (Å²) >= 11 is 0. The van der Waals surface area contributed by atoms with Crippen LogP contribution in [0.2, 0.25) is 0 Å². The Kier molecular flexibility index (Phi) is 4.92. The van der Waals surface area contributed by atoms with Crippen LogP contribution in [0.3, 0.4) is 0 Å². The fourth-order valence-corrected chi connectivity index (χ4v) is 1.58. The van der Waals surface area contributed by atoms with Crippen molar-refractivity contribution in [2.24, 2.45) is 5.84 Å². The lowest BCUT2D eigenvalue weighted by atomic mass is 10.3. The first kappa shape index (κ1) is 13.5. The van der Waals surface area contributed by atoms with Gasteiger partial charge in [0.1, 0.15) is 6.33 Å². The van der Waals surface area contributed by atoms with Crippen LogP contribution < -0.4 is 20.9 Å². The number of methoxy groups -OCH3 is 1. The monoisotopic (exact) mass is 241 g/mol. The summed E-state index contributed by atoms with van der Waals surface area (Å²) in [6, 6.07) is 0.177. The highest BCUT2D eigenvalue weighted by Crippen LogP contribution is 2.32. The van der Waals surface area contributed by atoms with Crippen molar-refractivity contribution >= 4 is 11.6 Å². The normalized spacial score (nSPS) is 10.5. The summed E-state index contributed by atoms with van der Waals surface area (Å²) in [5, 5.41) is 9.07. The predicted molar refractivity (Wildman–Crippen MR) is 66.0 cm³/mol. The quantitative estimate of drug-likeness (QED) is 0.475. The largest absolute Gasteiger partial charge is 0.490 e. The first-order valence-electron chi connectivity index (χ1n) is 5.38. The Morgan fingerprint density at radius 1 is 1.53 bits per heavy atom. The number of hydrogen-bond acceptors (Lipinski definition) is 7. The van der Waals surface area contributed by atoms with E-state index >= 15 is 0 Å². The third-order valence-corrected chi connectivity index (χ3v) is 2.36. The van der Waals surface area contributed by atoms with Gasteiger partial charge >= 0.3 is 0 Å². The van der Waals surface area contributed by atoms with E-state index in [9.17, 15) is 0 Å². The zero-order valence-electron chi connectivity index (χ0n) is 10.3. The van der Waals surface area contributed by atoms with Gasteiger partial charge in [-0.25, -0.2) is 15.8 Å². The van der Waals surface area contributed by atoms with E-state index in [0.717, 1.165) is 0 Å². The molecule has 7 nitrogen and oxygen atoms in total. The molecule has 1 rings (SSSR count). The average molecular weight is 241 g/mol. The minimum atomic E-state index is 0.0384. The van der Waals surface area contributed by atoms with Gasteiger partial charge in [0.05, 0.1) is 13.7 Å². The molecule has 0 aromatic carbocycles. The first-order valence-corrected chi connectivity index (χ1v) is 5.38. The molecule has 0 saturated heterocycles. The van der Waals surface area contributed by atoms with Crippen LogP contribution in [-0.2, 0) is 0 Å². The number of ether oxygens (including phenoxy) is 1. The second-order valence-electron chi connectivity index (χ2n) is 3.73. The molecule has 0 amide bonds. The average Bonchev–Trinajstić information content (AvgIpc) is 2.34. The summed E-state index contributed by atoms with van der Waals surface area (Å²) in [6.45, 7) is 4.52. The predicted octanol–water partition coefficient (Wildman–Crippen LogP) is -0.0221. The molecule has 1 heterocycles. The fraction of sp³-hybridized carbons (Fsp3) is 0.600. The third kappa shape index (κ3) is 2.95. The zero-order valence-corrected chi connectivity index (χ0v) is 10.3. The lowest BCUT2D eigenvalue weighted by molar-refractivity contribution is 0.297. The van der Waals surface area contributed by atoms with Crippen LogP contribution in [0.15, 0.2) is 6.33 Å². The first-order chi connectivity index (χ1) is 8.15. The third-order valence-electron chi connectivity index (χ3n) is 2.36. The van der Waals surface area contributed by atoms with E-state index in [1.54, 1.807) is 0 Å². The van der Waals surface area contributed by atoms with Crippen molar-refractivity contribution in [3.05, 3.63) is 6.33 Å². The molecule has 0 spiro atoms. The molecule has 0 aliphatic rings. The van der Waals surface area contributed by atoms with E-state index < -0.39 is 0 Å². The van der Waals surface area contributed by atoms with Crippen molar-refractivity contribution in [1.82, 2.24) is 9.97 Å². The molecule has 1 aromatic heterocycles. The van der Waals surface area contributed by atoms with Gasteiger partial charge in [0.25, 0.3) is 0 Å². The van der Waals surface area contributed by atoms with Gasteiger partial charge in [-0.05, 0) is 13.8 Å². The summed E-state index contributed by atoms with van der Waals surface area (Å²) < 4.78 is 5.25. The van der Waals surface area contributed by atoms with Gasteiger partial charge in [0.2, 0.25) is 5.75 Å². The topological polar surface area (TPSA) is 96.5 Å². The van der Waals surface area contributed by atoms with E-state index in [4.69, 9.17) is 15.7 Å². The highest BCUT2D eigenvalue weighted by Gasteiger charge is 2.19. The van der Waals surface area contributed by atoms with Crippen LogP contribution in [0.25, 0.3) is 0 Å². The van der Waals surface area contributed by atoms with Crippen molar-refractivity contribution in [2.75, 3.05) is 30.6 Å². The van der Waals surface area contributed by atoms with Crippen LogP contribution in [-0.4, -0.2) is 41.4 Å². The highest BCUT2D eigenvalue weighted by molar-refractivity contribution is 5.64. The standard InChI is InChI=1S/C10H19N5O2/c1-7(2)15(4-5-16)10-8(17-3)9(14-11)12-6-13-10/h6-7,16H,4-5,11H2,1-3H3,(H,12,13,14). The molecular weight excluding hydrogens is 222 g/mol. The maximum Gasteiger partial charge on any atom is 0.205 e. The number of nitrogens with zero attached hydrogens (tertiary/aromatic N) is 3. The maximum absolute atomic E-state index is 9.07. The lowest BCUT2D eigenvalue weighted by Gasteiger charge is -2.28. The number of hydrazine groups is 1. The molecule has 96 valence electrons. The number of rotatable bonds is 6. The molecule has 0 atom stereocenters. The van der Waals surface area contributed by atoms with Gasteiger partial charge in [0.15, 0.2) is 11.6 Å². The number of aromatic nitrogens is 2. The molecule has 0 radical (unpaired) electrons. The Morgan fingerprint density at radius 3 is 2.71 bits per heavy atom. The summed E-state index contributed by atoms with van der Waals surface area (Å²) in [4.78, 5) is 10.1. The SMILES string of the molecule is COc1c(NN)ncnc1N(CCO)C(C)C. The minimum absolute atomic E-state index is 0.0384. The van der Waals surface area contributed by atoms with E-state index in [1.807, 2.05) is 18.7 Å². The number of nitrogens with two attached hydrogens (primary N) is 1. The second kappa shape index (κ2) is 6.21. The van der Waals surface area contributed by atoms with Crippen LogP contribution in [0, 0.1) is 0 Å². The van der Waals surface area contributed by atoms with Gasteiger partial charge in [-0.3, -0.25) is 0 Å². The van der Waals surface area contributed by atoms with Crippen molar-refractivity contribution < 1.29 is 9.84 Å². The summed E-state index contributed by atoms with van der Waals surface area (Å²) in [5.41, 5.74) is 2.46. The van der Waals surface area contributed by atoms with E-state index in [0.29, 0.717) is 23.9 Å². The smallest absolute Gasteiger partial charge is 0.205 e.